The van der Waals surface area contributed by atoms with Gasteiger partial charge < -0.3 is 15.8 Å². The number of hydrogen-bond donors (Lipinski definition) is 3. The molecule has 1 aromatic heterocycles. The Labute approximate surface area is 139 Å². The Bertz CT molecular complexity index is 776. The lowest BCUT2D eigenvalue weighted by molar-refractivity contribution is 0.167. The molecule has 0 radical (unpaired) electrons. The van der Waals surface area contributed by atoms with Crippen LogP contribution in [0.4, 0.5) is 28.1 Å². The van der Waals surface area contributed by atoms with Crippen molar-refractivity contribution >= 4 is 35.1 Å². The van der Waals surface area contributed by atoms with E-state index in [2.05, 4.69) is 25.6 Å². The minimum absolute atomic E-state index is 0.0792. The number of anilines is 3. The molecule has 0 fully saturated rings. The van der Waals surface area contributed by atoms with Crippen LogP contribution in [-0.4, -0.2) is 34.9 Å². The van der Waals surface area contributed by atoms with Crippen molar-refractivity contribution < 1.29 is 9.53 Å². The van der Waals surface area contributed by atoms with E-state index in [1.807, 2.05) is 30.3 Å². The molecule has 124 valence electrons. The second-order valence-electron chi connectivity index (χ2n) is 5.08. The highest BCUT2D eigenvalue weighted by Crippen LogP contribution is 2.32. The van der Waals surface area contributed by atoms with E-state index in [-0.39, 0.29) is 18.4 Å². The Morgan fingerprint density at radius 3 is 2.88 bits per heavy atom. The molecule has 0 saturated carbocycles. The average Bonchev–Trinajstić information content (AvgIpc) is 2.79. The van der Waals surface area contributed by atoms with Gasteiger partial charge in [-0.05, 0) is 12.5 Å². The van der Waals surface area contributed by atoms with Gasteiger partial charge in [-0.15, -0.1) is 0 Å². The number of amides is 1. The largest absolute Gasteiger partial charge is 0.450 e. The number of rotatable bonds is 3. The number of hydrogen-bond acceptors (Lipinski definition) is 7. The Morgan fingerprint density at radius 2 is 2.12 bits per heavy atom. The maximum atomic E-state index is 11.5. The van der Waals surface area contributed by atoms with Crippen LogP contribution in [0, 0.1) is 0 Å². The normalized spacial score (nSPS) is 13.1. The molecule has 2 aromatic rings. The summed E-state index contributed by atoms with van der Waals surface area (Å²) in [5.74, 6) is 0.755. The number of nitrogens with zero attached hydrogens (tertiary/aromatic N) is 3. The second-order valence-corrected chi connectivity index (χ2v) is 5.08. The van der Waals surface area contributed by atoms with E-state index >= 15 is 0 Å². The van der Waals surface area contributed by atoms with Crippen LogP contribution in [0.2, 0.25) is 0 Å². The van der Waals surface area contributed by atoms with Crippen molar-refractivity contribution in [3.8, 4) is 0 Å². The second kappa shape index (κ2) is 6.95. The molecule has 4 N–H and O–H groups in total. The van der Waals surface area contributed by atoms with Crippen LogP contribution in [0.5, 0.6) is 0 Å². The third-order valence-corrected chi connectivity index (χ3v) is 3.41. The van der Waals surface area contributed by atoms with Gasteiger partial charge in [-0.3, -0.25) is 5.32 Å². The fourth-order valence-corrected chi connectivity index (χ4v) is 2.35. The van der Waals surface area contributed by atoms with Crippen LogP contribution < -0.4 is 16.4 Å². The first-order chi connectivity index (χ1) is 11.7. The van der Waals surface area contributed by atoms with Gasteiger partial charge in [0.05, 0.1) is 12.3 Å². The summed E-state index contributed by atoms with van der Waals surface area (Å²) in [6.07, 6.45) is 0.0967. The van der Waals surface area contributed by atoms with Crippen molar-refractivity contribution in [2.75, 3.05) is 29.5 Å². The van der Waals surface area contributed by atoms with E-state index in [0.717, 1.165) is 17.7 Å². The molecule has 1 aliphatic rings. The summed E-state index contributed by atoms with van der Waals surface area (Å²) in [6, 6.07) is 9.87. The van der Waals surface area contributed by atoms with Crippen molar-refractivity contribution in [1.29, 1.82) is 0 Å². The fraction of sp³-hybridized carbons (Fsp3) is 0.250. The number of benzene rings is 1. The summed E-state index contributed by atoms with van der Waals surface area (Å²) in [4.78, 5) is 24.5. The van der Waals surface area contributed by atoms with Crippen LogP contribution in [0.1, 0.15) is 18.9 Å². The zero-order valence-electron chi connectivity index (χ0n) is 13.2. The van der Waals surface area contributed by atoms with Crippen LogP contribution >= 0.6 is 0 Å². The molecule has 24 heavy (non-hydrogen) atoms. The van der Waals surface area contributed by atoms with Gasteiger partial charge in [-0.2, -0.15) is 9.97 Å². The van der Waals surface area contributed by atoms with Crippen molar-refractivity contribution in [1.82, 2.24) is 9.97 Å². The number of aromatic nitrogens is 2. The lowest BCUT2D eigenvalue weighted by Gasteiger charge is -2.09. The van der Waals surface area contributed by atoms with E-state index in [4.69, 9.17) is 10.5 Å². The van der Waals surface area contributed by atoms with Crippen molar-refractivity contribution in [3.05, 3.63) is 35.9 Å². The zero-order valence-corrected chi connectivity index (χ0v) is 13.2. The van der Waals surface area contributed by atoms with Crippen molar-refractivity contribution in [2.45, 2.75) is 13.3 Å². The highest BCUT2D eigenvalue weighted by molar-refractivity contribution is 6.04. The smallest absolute Gasteiger partial charge is 0.414 e. The van der Waals surface area contributed by atoms with Crippen molar-refractivity contribution in [2.24, 2.45) is 4.99 Å². The predicted molar refractivity (Wildman–Crippen MR) is 92.8 cm³/mol. The van der Waals surface area contributed by atoms with Gasteiger partial charge in [0.25, 0.3) is 0 Å². The first kappa shape index (κ1) is 15.7. The van der Waals surface area contributed by atoms with Crippen LogP contribution in [0.25, 0.3) is 0 Å². The molecule has 3 rings (SSSR count). The van der Waals surface area contributed by atoms with E-state index in [0.29, 0.717) is 18.1 Å². The summed E-state index contributed by atoms with van der Waals surface area (Å²) < 4.78 is 4.81. The molecule has 0 aliphatic carbocycles. The molecule has 8 heteroatoms. The lowest BCUT2D eigenvalue weighted by atomic mass is 10.1. The molecular formula is C16H18N6O2. The third kappa shape index (κ3) is 3.43. The minimum Gasteiger partial charge on any atom is -0.450 e. The quantitative estimate of drug-likeness (QED) is 0.798. The Hall–Kier alpha value is -3.16. The summed E-state index contributed by atoms with van der Waals surface area (Å²) in [7, 11) is 0. The number of carbonyl (C=O) groups is 1. The first-order valence-corrected chi connectivity index (χ1v) is 7.65. The molecule has 1 aliphatic heterocycles. The third-order valence-electron chi connectivity index (χ3n) is 3.41. The fourth-order valence-electron chi connectivity index (χ4n) is 2.35. The standard InChI is InChI=1S/C16H18N6O2/c1-2-24-16(23)22-15-20-13(17)12-14(21-15)18-9-8-11(19-12)10-6-4-3-5-7-10/h3-7H,2,8-9H2,1H3,(H4,17,18,20,21,22,23). The number of nitrogens with two attached hydrogens (primary N) is 1. The molecule has 0 unspecified atom stereocenters. The molecule has 0 atom stereocenters. The monoisotopic (exact) mass is 326 g/mol. The number of ether oxygens (including phenoxy) is 1. The highest BCUT2D eigenvalue weighted by Gasteiger charge is 2.18. The van der Waals surface area contributed by atoms with E-state index in [9.17, 15) is 4.79 Å². The Balaban J connectivity index is 1.94. The maximum absolute atomic E-state index is 11.5. The van der Waals surface area contributed by atoms with Gasteiger partial charge in [0.15, 0.2) is 11.6 Å². The highest BCUT2D eigenvalue weighted by atomic mass is 16.5. The molecule has 2 heterocycles. The van der Waals surface area contributed by atoms with Gasteiger partial charge in [0.2, 0.25) is 5.95 Å². The van der Waals surface area contributed by atoms with E-state index in [1.165, 1.54) is 0 Å². The van der Waals surface area contributed by atoms with E-state index in [1.54, 1.807) is 6.92 Å². The molecule has 8 nitrogen and oxygen atoms in total. The molecule has 1 amide bonds. The summed E-state index contributed by atoms with van der Waals surface area (Å²) >= 11 is 0. The number of aliphatic imine (C=N–C) groups is 1. The molecular weight excluding hydrogens is 308 g/mol. The maximum Gasteiger partial charge on any atom is 0.414 e. The SMILES string of the molecule is CCOC(=O)Nc1nc(N)c2c(n1)NCCC(c1ccccc1)=N2. The molecule has 0 spiro atoms. The van der Waals surface area contributed by atoms with Crippen LogP contribution in [-0.2, 0) is 4.74 Å². The Kier molecular flexibility index (Phi) is 4.55. The number of fused-ring (bicyclic) bond motifs is 1. The number of nitrogen functional groups attached to an aromatic ring is 1. The first-order valence-electron chi connectivity index (χ1n) is 7.65. The van der Waals surface area contributed by atoms with E-state index < -0.39 is 6.09 Å². The predicted octanol–water partition coefficient (Wildman–Crippen LogP) is 2.56. The van der Waals surface area contributed by atoms with Gasteiger partial charge in [-0.25, -0.2) is 9.79 Å². The number of carbonyl (C=O) groups excluding carboxylic acids is 1. The summed E-state index contributed by atoms with van der Waals surface area (Å²) in [5.41, 5.74) is 8.42. The van der Waals surface area contributed by atoms with Gasteiger partial charge >= 0.3 is 6.09 Å². The summed E-state index contributed by atoms with van der Waals surface area (Å²) in [5, 5.41) is 5.62. The van der Waals surface area contributed by atoms with Gasteiger partial charge in [0, 0.05) is 13.0 Å². The molecule has 0 bridgehead atoms. The molecule has 1 aromatic carbocycles. The zero-order chi connectivity index (χ0) is 16.9. The average molecular weight is 326 g/mol. The van der Waals surface area contributed by atoms with Gasteiger partial charge in [0.1, 0.15) is 5.69 Å². The van der Waals surface area contributed by atoms with Crippen LogP contribution in [0.15, 0.2) is 35.3 Å². The lowest BCUT2D eigenvalue weighted by Crippen LogP contribution is -2.16. The number of nitrogens with one attached hydrogen (secondary N) is 2. The van der Waals surface area contributed by atoms with Gasteiger partial charge in [-0.1, -0.05) is 30.3 Å². The molecule has 0 saturated heterocycles. The minimum atomic E-state index is -0.626. The van der Waals surface area contributed by atoms with Crippen molar-refractivity contribution in [3.63, 3.8) is 0 Å². The Morgan fingerprint density at radius 1 is 1.33 bits per heavy atom. The topological polar surface area (TPSA) is 115 Å². The van der Waals surface area contributed by atoms with Crippen LogP contribution in [0.3, 0.4) is 0 Å². The summed E-state index contributed by atoms with van der Waals surface area (Å²) in [6.45, 7) is 2.62.